The van der Waals surface area contributed by atoms with Gasteiger partial charge in [-0.25, -0.2) is 13.1 Å². The lowest BCUT2D eigenvalue weighted by Gasteiger charge is -2.12. The predicted molar refractivity (Wildman–Crippen MR) is 99.4 cm³/mol. The predicted octanol–water partition coefficient (Wildman–Crippen LogP) is 2.64. The largest absolute Gasteiger partial charge is 0.497 e. The molecule has 0 atom stereocenters. The van der Waals surface area contributed by atoms with Crippen LogP contribution in [0, 0.1) is 0 Å². The summed E-state index contributed by atoms with van der Waals surface area (Å²) < 4.78 is 37.0. The molecule has 0 saturated carbocycles. The highest BCUT2D eigenvalue weighted by molar-refractivity contribution is 7.89. The lowest BCUT2D eigenvalue weighted by Crippen LogP contribution is -2.24. The van der Waals surface area contributed by atoms with E-state index in [1.54, 1.807) is 18.2 Å². The van der Waals surface area contributed by atoms with Gasteiger partial charge in [-0.2, -0.15) is 0 Å². The number of rotatable bonds is 8. The Bertz CT molecular complexity index is 864. The van der Waals surface area contributed by atoms with Crippen LogP contribution >= 0.6 is 0 Å². The highest BCUT2D eigenvalue weighted by atomic mass is 32.2. The van der Waals surface area contributed by atoms with Gasteiger partial charge in [0.1, 0.15) is 11.5 Å². The first-order valence-electron chi connectivity index (χ1n) is 8.04. The van der Waals surface area contributed by atoms with Crippen molar-refractivity contribution in [3.05, 3.63) is 48.0 Å². The average molecular weight is 378 g/mol. The first-order valence-corrected chi connectivity index (χ1v) is 9.52. The molecule has 2 aromatic rings. The number of benzene rings is 2. The van der Waals surface area contributed by atoms with Crippen molar-refractivity contribution in [3.63, 3.8) is 0 Å². The van der Waals surface area contributed by atoms with E-state index in [1.165, 1.54) is 38.5 Å². The molecule has 2 N–H and O–H groups in total. The van der Waals surface area contributed by atoms with E-state index in [-0.39, 0.29) is 10.8 Å². The molecule has 0 fully saturated rings. The molecule has 0 bridgehead atoms. The molecule has 0 spiro atoms. The maximum atomic E-state index is 12.4. The third kappa shape index (κ3) is 4.74. The summed E-state index contributed by atoms with van der Waals surface area (Å²) in [7, 11) is -0.534. The van der Waals surface area contributed by atoms with Gasteiger partial charge < -0.3 is 14.8 Å². The van der Waals surface area contributed by atoms with Crippen molar-refractivity contribution in [1.29, 1.82) is 0 Å². The van der Waals surface area contributed by atoms with Crippen LogP contribution in [0.4, 0.5) is 5.69 Å². The van der Waals surface area contributed by atoms with Crippen LogP contribution in [0.2, 0.25) is 0 Å². The zero-order valence-electron chi connectivity index (χ0n) is 14.9. The Morgan fingerprint density at radius 1 is 1.04 bits per heavy atom. The fourth-order valence-electron chi connectivity index (χ4n) is 2.21. The molecule has 2 aromatic carbocycles. The number of hydrogen-bond acceptors (Lipinski definition) is 5. The molecule has 0 aliphatic rings. The molecule has 26 heavy (non-hydrogen) atoms. The second-order valence-electron chi connectivity index (χ2n) is 5.44. The van der Waals surface area contributed by atoms with Gasteiger partial charge in [-0.05, 0) is 42.8 Å². The van der Waals surface area contributed by atoms with Gasteiger partial charge >= 0.3 is 0 Å². The summed E-state index contributed by atoms with van der Waals surface area (Å²) in [6.45, 7) is 2.24. The van der Waals surface area contributed by atoms with Crippen molar-refractivity contribution in [1.82, 2.24) is 4.72 Å². The van der Waals surface area contributed by atoms with Crippen LogP contribution in [0.15, 0.2) is 47.4 Å². The Morgan fingerprint density at radius 2 is 1.73 bits per heavy atom. The summed E-state index contributed by atoms with van der Waals surface area (Å²) in [5, 5.41) is 2.74. The minimum atomic E-state index is -3.56. The van der Waals surface area contributed by atoms with Gasteiger partial charge in [0.15, 0.2) is 0 Å². The van der Waals surface area contributed by atoms with Crippen molar-refractivity contribution in [2.24, 2.45) is 0 Å². The van der Waals surface area contributed by atoms with Gasteiger partial charge in [-0.1, -0.05) is 6.92 Å². The molecule has 0 aromatic heterocycles. The molecule has 140 valence electrons. The zero-order chi connectivity index (χ0) is 19.2. The molecular formula is C18H22N2O5S. The van der Waals surface area contributed by atoms with Crippen LogP contribution in [0.1, 0.15) is 23.7 Å². The maximum Gasteiger partial charge on any atom is 0.255 e. The quantitative estimate of drug-likeness (QED) is 0.736. The summed E-state index contributed by atoms with van der Waals surface area (Å²) in [6, 6.07) is 10.8. The number of nitrogens with one attached hydrogen (secondary N) is 2. The van der Waals surface area contributed by atoms with E-state index in [0.29, 0.717) is 35.7 Å². The molecule has 0 aliphatic heterocycles. The standard InChI is InChI=1S/C18H22N2O5S/c1-4-11-19-26(22,23)15-8-5-13(6-9-15)18(21)20-16-12-14(24-2)7-10-17(16)25-3/h5-10,12,19H,4,11H2,1-3H3,(H,20,21). The number of methoxy groups -OCH3 is 2. The highest BCUT2D eigenvalue weighted by Gasteiger charge is 2.15. The van der Waals surface area contributed by atoms with E-state index in [2.05, 4.69) is 10.0 Å². The Kier molecular flexibility index (Phi) is 6.59. The lowest BCUT2D eigenvalue weighted by molar-refractivity contribution is 0.102. The summed E-state index contributed by atoms with van der Waals surface area (Å²) in [6.07, 6.45) is 0.697. The number of ether oxygens (including phenoxy) is 2. The molecule has 2 rings (SSSR count). The summed E-state index contributed by atoms with van der Waals surface area (Å²) in [4.78, 5) is 12.6. The molecule has 1 amide bonds. The SMILES string of the molecule is CCCNS(=O)(=O)c1ccc(C(=O)Nc2cc(OC)ccc2OC)cc1. The molecular weight excluding hydrogens is 356 g/mol. The van der Waals surface area contributed by atoms with Crippen LogP contribution in [0.25, 0.3) is 0 Å². The van der Waals surface area contributed by atoms with E-state index in [9.17, 15) is 13.2 Å². The average Bonchev–Trinajstić information content (AvgIpc) is 2.66. The van der Waals surface area contributed by atoms with Gasteiger partial charge in [-0.3, -0.25) is 4.79 Å². The first-order chi connectivity index (χ1) is 12.4. The van der Waals surface area contributed by atoms with Crippen LogP contribution in [0.3, 0.4) is 0 Å². The Hall–Kier alpha value is -2.58. The summed E-state index contributed by atoms with van der Waals surface area (Å²) in [5.41, 5.74) is 0.780. The molecule has 0 heterocycles. The van der Waals surface area contributed by atoms with E-state index in [1.807, 2.05) is 6.92 Å². The smallest absolute Gasteiger partial charge is 0.255 e. The Morgan fingerprint density at radius 3 is 2.31 bits per heavy atom. The second-order valence-corrected chi connectivity index (χ2v) is 7.21. The summed E-state index contributed by atoms with van der Waals surface area (Å²) >= 11 is 0. The maximum absolute atomic E-state index is 12.4. The van der Waals surface area contributed by atoms with Crippen LogP contribution < -0.4 is 19.5 Å². The minimum Gasteiger partial charge on any atom is -0.497 e. The molecule has 8 heteroatoms. The van der Waals surface area contributed by atoms with Crippen LogP contribution in [0.5, 0.6) is 11.5 Å². The van der Waals surface area contributed by atoms with Gasteiger partial charge in [0.25, 0.3) is 5.91 Å². The Balaban J connectivity index is 2.18. The van der Waals surface area contributed by atoms with Crippen molar-refractivity contribution in [2.75, 3.05) is 26.1 Å². The molecule has 0 saturated heterocycles. The number of carbonyl (C=O) groups is 1. The fraction of sp³-hybridized carbons (Fsp3) is 0.278. The first kappa shape index (κ1) is 19.7. The molecule has 0 aliphatic carbocycles. The summed E-state index contributed by atoms with van der Waals surface area (Å²) in [5.74, 6) is 0.675. The third-order valence-corrected chi connectivity index (χ3v) is 5.10. The number of hydrogen-bond donors (Lipinski definition) is 2. The number of anilines is 1. The normalized spacial score (nSPS) is 11.0. The molecule has 7 nitrogen and oxygen atoms in total. The van der Waals surface area contributed by atoms with Crippen LogP contribution in [-0.2, 0) is 10.0 Å². The third-order valence-electron chi connectivity index (χ3n) is 3.62. The Labute approximate surface area is 153 Å². The molecule has 0 radical (unpaired) electrons. The van der Waals surface area contributed by atoms with Crippen LogP contribution in [-0.4, -0.2) is 35.1 Å². The molecule has 0 unspecified atom stereocenters. The van der Waals surface area contributed by atoms with Crippen molar-refractivity contribution < 1.29 is 22.7 Å². The highest BCUT2D eigenvalue weighted by Crippen LogP contribution is 2.29. The van der Waals surface area contributed by atoms with Gasteiger partial charge in [-0.15, -0.1) is 0 Å². The number of sulfonamides is 1. The topological polar surface area (TPSA) is 93.7 Å². The fourth-order valence-corrected chi connectivity index (χ4v) is 3.35. The van der Waals surface area contributed by atoms with E-state index < -0.39 is 10.0 Å². The van der Waals surface area contributed by atoms with Crippen molar-refractivity contribution in [2.45, 2.75) is 18.2 Å². The van der Waals surface area contributed by atoms with Gasteiger partial charge in [0, 0.05) is 18.2 Å². The second kappa shape index (κ2) is 8.68. The number of amides is 1. The van der Waals surface area contributed by atoms with Crippen molar-refractivity contribution >= 4 is 21.6 Å². The van der Waals surface area contributed by atoms with Gasteiger partial charge in [0.05, 0.1) is 24.8 Å². The van der Waals surface area contributed by atoms with Crippen molar-refractivity contribution in [3.8, 4) is 11.5 Å². The van der Waals surface area contributed by atoms with E-state index in [4.69, 9.17) is 9.47 Å². The monoisotopic (exact) mass is 378 g/mol. The van der Waals surface area contributed by atoms with Gasteiger partial charge in [0.2, 0.25) is 10.0 Å². The van der Waals surface area contributed by atoms with E-state index in [0.717, 1.165) is 0 Å². The lowest BCUT2D eigenvalue weighted by atomic mass is 10.2. The van der Waals surface area contributed by atoms with E-state index >= 15 is 0 Å². The minimum absolute atomic E-state index is 0.112. The zero-order valence-corrected chi connectivity index (χ0v) is 15.7. The number of carbonyl (C=O) groups excluding carboxylic acids is 1.